The zero-order chi connectivity index (χ0) is 9.84. The van der Waals surface area contributed by atoms with Crippen molar-refractivity contribution in [2.24, 2.45) is 0 Å². The average molecular weight is 199 g/mol. The fourth-order valence-electron chi connectivity index (χ4n) is 0.859. The van der Waals surface area contributed by atoms with Gasteiger partial charge < -0.3 is 4.74 Å². The number of esters is 1. The molecule has 0 bridgehead atoms. The molecule has 1 aromatic rings. The summed E-state index contributed by atoms with van der Waals surface area (Å²) in [5.41, 5.74) is 0.266. The number of ether oxygens (including phenoxy) is 1. The summed E-state index contributed by atoms with van der Waals surface area (Å²) >= 11 is 5.63. The molecule has 0 aliphatic heterocycles. The summed E-state index contributed by atoms with van der Waals surface area (Å²) in [6, 6.07) is 4.47. The Morgan fingerprint density at radius 1 is 1.54 bits per heavy atom. The van der Waals surface area contributed by atoms with E-state index in [0.717, 1.165) is 0 Å². The highest BCUT2D eigenvalue weighted by atomic mass is 35.5. The van der Waals surface area contributed by atoms with Crippen molar-refractivity contribution in [2.45, 2.75) is 6.92 Å². The minimum Gasteiger partial charge on any atom is -0.426 e. The van der Waals surface area contributed by atoms with Gasteiger partial charge in [-0.25, -0.2) is 0 Å². The Hall–Kier alpha value is -1.35. The number of halogens is 1. The molecule has 0 amide bonds. The third kappa shape index (κ3) is 2.56. The third-order valence-electron chi connectivity index (χ3n) is 1.35. The van der Waals surface area contributed by atoms with Crippen LogP contribution in [0.4, 0.5) is 0 Å². The van der Waals surface area contributed by atoms with E-state index >= 15 is 0 Å². The Morgan fingerprint density at radius 3 is 2.77 bits per heavy atom. The lowest BCUT2D eigenvalue weighted by Gasteiger charge is -2.03. The molecule has 0 saturated heterocycles. The van der Waals surface area contributed by atoms with Crippen LogP contribution in [0, 0.1) is 0 Å². The molecule has 0 N–H and O–H groups in total. The Labute approximate surface area is 80.3 Å². The zero-order valence-corrected chi connectivity index (χ0v) is 7.67. The van der Waals surface area contributed by atoms with E-state index in [1.54, 1.807) is 6.07 Å². The van der Waals surface area contributed by atoms with E-state index in [-0.39, 0.29) is 11.3 Å². The predicted molar refractivity (Wildman–Crippen MR) is 48.1 cm³/mol. The summed E-state index contributed by atoms with van der Waals surface area (Å²) in [4.78, 5) is 21.1. The van der Waals surface area contributed by atoms with Gasteiger partial charge in [0.1, 0.15) is 5.75 Å². The van der Waals surface area contributed by atoms with Gasteiger partial charge >= 0.3 is 5.97 Å². The molecule has 13 heavy (non-hydrogen) atoms. The molecular weight excluding hydrogens is 192 g/mol. The maximum absolute atomic E-state index is 10.6. The standard InChI is InChI=1S/C9H7ClO3/c1-6(12)13-9-3-2-8(10)4-7(9)5-11/h2-5H,1H3. The average Bonchev–Trinajstić information content (AvgIpc) is 2.07. The molecule has 0 aliphatic carbocycles. The van der Waals surface area contributed by atoms with Crippen LogP contribution < -0.4 is 4.74 Å². The van der Waals surface area contributed by atoms with Crippen LogP contribution in [0.1, 0.15) is 17.3 Å². The third-order valence-corrected chi connectivity index (χ3v) is 1.59. The second-order valence-electron chi connectivity index (χ2n) is 2.39. The number of rotatable bonds is 2. The fraction of sp³-hybridized carbons (Fsp3) is 0.111. The van der Waals surface area contributed by atoms with E-state index in [2.05, 4.69) is 0 Å². The van der Waals surface area contributed by atoms with Gasteiger partial charge in [0, 0.05) is 11.9 Å². The van der Waals surface area contributed by atoms with Crippen molar-refractivity contribution in [3.8, 4) is 5.75 Å². The molecule has 0 unspecified atom stereocenters. The van der Waals surface area contributed by atoms with E-state index in [0.29, 0.717) is 11.3 Å². The summed E-state index contributed by atoms with van der Waals surface area (Å²) in [7, 11) is 0. The van der Waals surface area contributed by atoms with Crippen molar-refractivity contribution in [3.63, 3.8) is 0 Å². The summed E-state index contributed by atoms with van der Waals surface area (Å²) < 4.78 is 4.76. The molecule has 0 radical (unpaired) electrons. The van der Waals surface area contributed by atoms with Gasteiger partial charge in [0.15, 0.2) is 6.29 Å². The van der Waals surface area contributed by atoms with Gasteiger partial charge in [-0.1, -0.05) is 11.6 Å². The molecule has 3 nitrogen and oxygen atoms in total. The first-order chi connectivity index (χ1) is 6.13. The highest BCUT2D eigenvalue weighted by Crippen LogP contribution is 2.21. The number of hydrogen-bond acceptors (Lipinski definition) is 3. The number of aldehydes is 1. The fourth-order valence-corrected chi connectivity index (χ4v) is 1.04. The predicted octanol–water partition coefficient (Wildman–Crippen LogP) is 2.08. The summed E-state index contributed by atoms with van der Waals surface area (Å²) in [6.45, 7) is 1.27. The highest BCUT2D eigenvalue weighted by molar-refractivity contribution is 6.30. The molecule has 0 saturated carbocycles. The van der Waals surface area contributed by atoms with Crippen LogP contribution in [0.2, 0.25) is 5.02 Å². The molecule has 4 heteroatoms. The van der Waals surface area contributed by atoms with Crippen LogP contribution in [0.3, 0.4) is 0 Å². The Morgan fingerprint density at radius 2 is 2.23 bits per heavy atom. The number of carbonyl (C=O) groups excluding carboxylic acids is 2. The minimum atomic E-state index is -0.467. The van der Waals surface area contributed by atoms with Crippen molar-refractivity contribution in [3.05, 3.63) is 28.8 Å². The van der Waals surface area contributed by atoms with Crippen molar-refractivity contribution < 1.29 is 14.3 Å². The number of benzene rings is 1. The quantitative estimate of drug-likeness (QED) is 0.415. The number of hydrogen-bond donors (Lipinski definition) is 0. The van der Waals surface area contributed by atoms with Crippen LogP contribution in [0.5, 0.6) is 5.75 Å². The molecule has 0 aromatic heterocycles. The van der Waals surface area contributed by atoms with Crippen LogP contribution in [0.25, 0.3) is 0 Å². The van der Waals surface area contributed by atoms with Crippen molar-refractivity contribution >= 4 is 23.9 Å². The second kappa shape index (κ2) is 4.05. The molecule has 0 aliphatic rings. The lowest BCUT2D eigenvalue weighted by atomic mass is 10.2. The van der Waals surface area contributed by atoms with E-state index in [4.69, 9.17) is 16.3 Å². The van der Waals surface area contributed by atoms with Gasteiger partial charge in [-0.2, -0.15) is 0 Å². The summed E-state index contributed by atoms with van der Waals surface area (Å²) in [5.74, 6) is -0.239. The van der Waals surface area contributed by atoms with Crippen LogP contribution in [-0.2, 0) is 4.79 Å². The Bertz CT molecular complexity index is 347. The summed E-state index contributed by atoms with van der Waals surface area (Å²) in [6.07, 6.45) is 0.587. The van der Waals surface area contributed by atoms with Crippen LogP contribution in [-0.4, -0.2) is 12.3 Å². The Kier molecular flexibility index (Phi) is 3.03. The number of carbonyl (C=O) groups is 2. The van der Waals surface area contributed by atoms with E-state index < -0.39 is 5.97 Å². The lowest BCUT2D eigenvalue weighted by Crippen LogP contribution is -2.03. The topological polar surface area (TPSA) is 43.4 Å². The van der Waals surface area contributed by atoms with Crippen molar-refractivity contribution in [1.82, 2.24) is 0 Å². The maximum atomic E-state index is 10.6. The van der Waals surface area contributed by atoms with Gasteiger partial charge in [0.05, 0.1) is 5.56 Å². The smallest absolute Gasteiger partial charge is 0.308 e. The molecule has 0 spiro atoms. The molecule has 0 atom stereocenters. The Balaban J connectivity index is 3.05. The van der Waals surface area contributed by atoms with Gasteiger partial charge in [-0.05, 0) is 18.2 Å². The van der Waals surface area contributed by atoms with Crippen LogP contribution in [0.15, 0.2) is 18.2 Å². The highest BCUT2D eigenvalue weighted by Gasteiger charge is 2.05. The molecule has 68 valence electrons. The molecule has 1 rings (SSSR count). The van der Waals surface area contributed by atoms with Gasteiger partial charge in [-0.15, -0.1) is 0 Å². The van der Waals surface area contributed by atoms with Crippen molar-refractivity contribution in [2.75, 3.05) is 0 Å². The SMILES string of the molecule is CC(=O)Oc1ccc(Cl)cc1C=O. The second-order valence-corrected chi connectivity index (χ2v) is 2.83. The van der Waals surface area contributed by atoms with E-state index in [9.17, 15) is 9.59 Å². The first kappa shape index (κ1) is 9.74. The first-order valence-electron chi connectivity index (χ1n) is 3.56. The molecule has 0 heterocycles. The van der Waals surface area contributed by atoms with Crippen LogP contribution >= 0.6 is 11.6 Å². The van der Waals surface area contributed by atoms with Crippen molar-refractivity contribution in [1.29, 1.82) is 0 Å². The van der Waals surface area contributed by atoms with Gasteiger partial charge in [0.2, 0.25) is 0 Å². The van der Waals surface area contributed by atoms with Gasteiger partial charge in [-0.3, -0.25) is 9.59 Å². The van der Waals surface area contributed by atoms with E-state index in [1.165, 1.54) is 19.1 Å². The lowest BCUT2D eigenvalue weighted by molar-refractivity contribution is -0.131. The van der Waals surface area contributed by atoms with E-state index in [1.807, 2.05) is 0 Å². The zero-order valence-electron chi connectivity index (χ0n) is 6.91. The minimum absolute atomic E-state index is 0.229. The monoisotopic (exact) mass is 198 g/mol. The molecule has 1 aromatic carbocycles. The van der Waals surface area contributed by atoms with Gasteiger partial charge in [0.25, 0.3) is 0 Å². The largest absolute Gasteiger partial charge is 0.426 e. The summed E-state index contributed by atoms with van der Waals surface area (Å²) in [5, 5.41) is 0.429. The first-order valence-corrected chi connectivity index (χ1v) is 3.94. The molecule has 0 fully saturated rings. The normalized spacial score (nSPS) is 9.38. The maximum Gasteiger partial charge on any atom is 0.308 e. The molecular formula is C9H7ClO3.